The highest BCUT2D eigenvalue weighted by Gasteiger charge is 2.32. The smallest absolute Gasteiger partial charge is 0.264 e. The molecule has 0 bridgehead atoms. The van der Waals surface area contributed by atoms with E-state index in [9.17, 15) is 18.0 Å². The van der Waals surface area contributed by atoms with Crippen LogP contribution >= 0.6 is 11.6 Å². The van der Waals surface area contributed by atoms with Gasteiger partial charge in [0.25, 0.3) is 10.0 Å². The molecule has 3 rings (SSSR count). The molecule has 1 N–H and O–H groups in total. The van der Waals surface area contributed by atoms with Gasteiger partial charge in [0.1, 0.15) is 12.6 Å². The highest BCUT2D eigenvalue weighted by atomic mass is 35.5. The Balaban J connectivity index is 2.00. The highest BCUT2D eigenvalue weighted by Crippen LogP contribution is 2.25. The Morgan fingerprint density at radius 2 is 1.61 bits per heavy atom. The predicted octanol–water partition coefficient (Wildman–Crippen LogP) is 5.18. The second-order valence-electron chi connectivity index (χ2n) is 9.31. The summed E-state index contributed by atoms with van der Waals surface area (Å²) >= 11 is 6.17. The number of carbonyl (C=O) groups is 2. The van der Waals surface area contributed by atoms with Crippen molar-refractivity contribution in [3.8, 4) is 0 Å². The van der Waals surface area contributed by atoms with Crippen molar-refractivity contribution < 1.29 is 18.0 Å². The van der Waals surface area contributed by atoms with E-state index in [4.69, 9.17) is 11.6 Å². The van der Waals surface area contributed by atoms with Crippen molar-refractivity contribution in [1.29, 1.82) is 0 Å². The maximum absolute atomic E-state index is 13.9. The summed E-state index contributed by atoms with van der Waals surface area (Å²) in [7, 11) is -4.08. The van der Waals surface area contributed by atoms with Crippen LogP contribution in [0.25, 0.3) is 0 Å². The van der Waals surface area contributed by atoms with Crippen LogP contribution in [0.4, 0.5) is 5.69 Å². The summed E-state index contributed by atoms with van der Waals surface area (Å²) in [6.07, 6.45) is 0.733. The van der Waals surface area contributed by atoms with Gasteiger partial charge in [-0.3, -0.25) is 13.9 Å². The molecule has 202 valence electrons. The lowest BCUT2D eigenvalue weighted by atomic mass is 10.1. The molecule has 3 aromatic rings. The number of carbonyl (C=O) groups excluding carboxylic acids is 2. The summed E-state index contributed by atoms with van der Waals surface area (Å²) in [6, 6.07) is 21.0. The summed E-state index contributed by atoms with van der Waals surface area (Å²) in [6.45, 7) is 6.95. The summed E-state index contributed by atoms with van der Waals surface area (Å²) < 4.78 is 28.6. The van der Waals surface area contributed by atoms with Crippen LogP contribution < -0.4 is 9.62 Å². The molecule has 0 aliphatic carbocycles. The third-order valence-electron chi connectivity index (χ3n) is 6.34. The van der Waals surface area contributed by atoms with Crippen LogP contribution in [-0.2, 0) is 26.2 Å². The number of amides is 2. The highest BCUT2D eigenvalue weighted by molar-refractivity contribution is 7.92. The standard InChI is InChI=1S/C29H34ClN3O4S/c1-5-22(3)31-29(35)23(4)32(19-24-10-9-11-25(30)18-24)28(34)20-33(26-12-7-6-8-13-26)38(36,37)27-16-14-21(2)15-17-27/h6-18,22-23H,5,19-20H2,1-4H3,(H,31,35)/t22-,23-/m0/s1. The maximum atomic E-state index is 13.9. The van der Waals surface area contributed by atoms with E-state index in [2.05, 4.69) is 5.32 Å². The maximum Gasteiger partial charge on any atom is 0.264 e. The van der Waals surface area contributed by atoms with Crippen LogP contribution in [0.3, 0.4) is 0 Å². The lowest BCUT2D eigenvalue weighted by Crippen LogP contribution is -2.52. The van der Waals surface area contributed by atoms with Crippen molar-refractivity contribution in [2.24, 2.45) is 0 Å². The number of benzene rings is 3. The molecule has 0 aromatic heterocycles. The van der Waals surface area contributed by atoms with E-state index in [0.717, 1.165) is 21.9 Å². The Bertz CT molecular complexity index is 1350. The summed E-state index contributed by atoms with van der Waals surface area (Å²) in [5.41, 5.74) is 1.99. The lowest BCUT2D eigenvalue weighted by Gasteiger charge is -2.32. The van der Waals surface area contributed by atoms with E-state index >= 15 is 0 Å². The van der Waals surface area contributed by atoms with Gasteiger partial charge in [-0.2, -0.15) is 0 Å². The van der Waals surface area contributed by atoms with E-state index in [-0.39, 0.29) is 23.4 Å². The molecule has 2 amide bonds. The first-order valence-corrected chi connectivity index (χ1v) is 14.3. The molecule has 3 aromatic carbocycles. The van der Waals surface area contributed by atoms with Gasteiger partial charge in [-0.1, -0.05) is 66.6 Å². The zero-order valence-electron chi connectivity index (χ0n) is 22.1. The van der Waals surface area contributed by atoms with Crippen molar-refractivity contribution in [1.82, 2.24) is 10.2 Å². The van der Waals surface area contributed by atoms with Gasteiger partial charge >= 0.3 is 0 Å². The molecule has 0 fully saturated rings. The predicted molar refractivity (Wildman–Crippen MR) is 152 cm³/mol. The van der Waals surface area contributed by atoms with Crippen LogP contribution in [0.5, 0.6) is 0 Å². The SMILES string of the molecule is CC[C@H](C)NC(=O)[C@H](C)N(Cc1cccc(Cl)c1)C(=O)CN(c1ccccc1)S(=O)(=O)c1ccc(C)cc1. The average Bonchev–Trinajstić information content (AvgIpc) is 2.90. The second-order valence-corrected chi connectivity index (χ2v) is 11.6. The van der Waals surface area contributed by atoms with E-state index in [1.807, 2.05) is 26.8 Å². The number of nitrogens with one attached hydrogen (secondary N) is 1. The molecule has 0 saturated heterocycles. The van der Waals surface area contributed by atoms with E-state index in [1.54, 1.807) is 67.6 Å². The van der Waals surface area contributed by atoms with Gasteiger partial charge in [0.2, 0.25) is 11.8 Å². The van der Waals surface area contributed by atoms with Gasteiger partial charge in [0, 0.05) is 17.6 Å². The quantitative estimate of drug-likeness (QED) is 0.353. The fourth-order valence-electron chi connectivity index (χ4n) is 3.84. The summed E-state index contributed by atoms with van der Waals surface area (Å²) in [4.78, 5) is 28.4. The minimum Gasteiger partial charge on any atom is -0.352 e. The first-order chi connectivity index (χ1) is 18.0. The van der Waals surface area contributed by atoms with Crippen LogP contribution in [-0.4, -0.2) is 43.8 Å². The minimum atomic E-state index is -4.08. The lowest BCUT2D eigenvalue weighted by molar-refractivity contribution is -0.139. The van der Waals surface area contributed by atoms with Crippen molar-refractivity contribution in [3.05, 3.63) is 95.0 Å². The number of nitrogens with zero attached hydrogens (tertiary/aromatic N) is 2. The monoisotopic (exact) mass is 555 g/mol. The van der Waals surface area contributed by atoms with Gasteiger partial charge in [-0.05, 0) is 69.2 Å². The number of halogens is 1. The topological polar surface area (TPSA) is 86.8 Å². The normalized spacial score (nSPS) is 12.9. The first-order valence-electron chi connectivity index (χ1n) is 12.5. The molecule has 0 saturated carbocycles. The molecule has 0 heterocycles. The van der Waals surface area contributed by atoms with Gasteiger partial charge in [-0.15, -0.1) is 0 Å². The van der Waals surface area contributed by atoms with E-state index in [0.29, 0.717) is 10.7 Å². The molecule has 7 nitrogen and oxygen atoms in total. The fourth-order valence-corrected chi connectivity index (χ4v) is 5.47. The number of sulfonamides is 1. The van der Waals surface area contributed by atoms with Crippen molar-refractivity contribution >= 4 is 39.1 Å². The van der Waals surface area contributed by atoms with Crippen molar-refractivity contribution in [2.75, 3.05) is 10.8 Å². The Morgan fingerprint density at radius 1 is 0.947 bits per heavy atom. The number of hydrogen-bond acceptors (Lipinski definition) is 4. The van der Waals surface area contributed by atoms with Gasteiger partial charge in [0.05, 0.1) is 10.6 Å². The van der Waals surface area contributed by atoms with E-state index < -0.39 is 28.5 Å². The Kier molecular flexibility index (Phi) is 9.94. The van der Waals surface area contributed by atoms with Crippen LogP contribution in [0.2, 0.25) is 5.02 Å². The fraction of sp³-hybridized carbons (Fsp3) is 0.310. The largest absolute Gasteiger partial charge is 0.352 e. The van der Waals surface area contributed by atoms with Gasteiger partial charge in [-0.25, -0.2) is 8.42 Å². The number of anilines is 1. The zero-order valence-corrected chi connectivity index (χ0v) is 23.7. The molecule has 0 aliphatic rings. The van der Waals surface area contributed by atoms with Crippen LogP contribution in [0.15, 0.2) is 83.8 Å². The molecule has 0 aliphatic heterocycles. The molecule has 0 spiro atoms. The molecule has 0 unspecified atom stereocenters. The number of para-hydroxylation sites is 1. The molecular weight excluding hydrogens is 522 g/mol. The molecule has 2 atom stereocenters. The Labute approximate surface area is 230 Å². The van der Waals surface area contributed by atoms with E-state index in [1.165, 1.54) is 17.0 Å². The van der Waals surface area contributed by atoms with Crippen LogP contribution in [0, 0.1) is 6.92 Å². The van der Waals surface area contributed by atoms with Crippen molar-refractivity contribution in [3.63, 3.8) is 0 Å². The number of aryl methyl sites for hydroxylation is 1. The first kappa shape index (κ1) is 29.2. The molecule has 38 heavy (non-hydrogen) atoms. The zero-order chi connectivity index (χ0) is 27.9. The molecule has 9 heteroatoms. The number of hydrogen-bond donors (Lipinski definition) is 1. The Morgan fingerprint density at radius 3 is 2.21 bits per heavy atom. The number of rotatable bonds is 11. The molecule has 0 radical (unpaired) electrons. The average molecular weight is 556 g/mol. The molecular formula is C29H34ClN3O4S. The minimum absolute atomic E-state index is 0.0729. The summed E-state index contributed by atoms with van der Waals surface area (Å²) in [5, 5.41) is 3.42. The van der Waals surface area contributed by atoms with Gasteiger partial charge < -0.3 is 10.2 Å². The second kappa shape index (κ2) is 12.9. The third kappa shape index (κ3) is 7.36. The van der Waals surface area contributed by atoms with Crippen LogP contribution in [0.1, 0.15) is 38.3 Å². The van der Waals surface area contributed by atoms with Gasteiger partial charge in [0.15, 0.2) is 0 Å². The van der Waals surface area contributed by atoms with Crippen molar-refractivity contribution in [2.45, 2.75) is 57.6 Å². The summed E-state index contributed by atoms with van der Waals surface area (Å²) in [5.74, 6) is -0.835. The third-order valence-corrected chi connectivity index (χ3v) is 8.37. The Hall–Kier alpha value is -3.36.